The summed E-state index contributed by atoms with van der Waals surface area (Å²) in [5.41, 5.74) is 1.21. The van der Waals surface area contributed by atoms with Gasteiger partial charge in [-0.25, -0.2) is 9.97 Å². The second-order valence-corrected chi connectivity index (χ2v) is 6.16. The van der Waals surface area contributed by atoms with E-state index in [0.717, 1.165) is 24.7 Å². The summed E-state index contributed by atoms with van der Waals surface area (Å²) in [5.74, 6) is 3.85. The molecule has 4 nitrogen and oxygen atoms in total. The summed E-state index contributed by atoms with van der Waals surface area (Å²) in [7, 11) is 1.96. The van der Waals surface area contributed by atoms with Crippen LogP contribution in [0.25, 0.3) is 0 Å². The van der Waals surface area contributed by atoms with Crippen molar-refractivity contribution in [2.45, 2.75) is 57.8 Å². The average molecular weight is 274 g/mol. The van der Waals surface area contributed by atoms with Crippen LogP contribution in [0, 0.1) is 6.92 Å². The Hall–Kier alpha value is -1.32. The molecule has 110 valence electrons. The van der Waals surface area contributed by atoms with Gasteiger partial charge in [-0.05, 0) is 32.6 Å². The van der Waals surface area contributed by atoms with Gasteiger partial charge in [0.25, 0.3) is 0 Å². The van der Waals surface area contributed by atoms with Crippen LogP contribution in [-0.4, -0.2) is 30.1 Å². The van der Waals surface area contributed by atoms with E-state index >= 15 is 0 Å². The summed E-state index contributed by atoms with van der Waals surface area (Å²) in [6.07, 6.45) is 9.20. The zero-order valence-corrected chi connectivity index (χ0v) is 12.8. The minimum absolute atomic E-state index is 0.608. The Labute approximate surface area is 122 Å². The lowest BCUT2D eigenvalue weighted by Crippen LogP contribution is -2.29. The molecule has 0 unspecified atom stereocenters. The summed E-state index contributed by atoms with van der Waals surface area (Å²) in [6, 6.07) is 0. The Morgan fingerprint density at radius 1 is 1.00 bits per heavy atom. The fourth-order valence-corrected chi connectivity index (χ4v) is 3.06. The van der Waals surface area contributed by atoms with Crippen LogP contribution in [0.4, 0.5) is 11.6 Å². The predicted molar refractivity (Wildman–Crippen MR) is 83.6 cm³/mol. The summed E-state index contributed by atoms with van der Waals surface area (Å²) < 4.78 is 0. The molecule has 0 amide bonds. The van der Waals surface area contributed by atoms with Gasteiger partial charge >= 0.3 is 0 Å². The second kappa shape index (κ2) is 5.98. The molecule has 0 bridgehead atoms. The fourth-order valence-electron chi connectivity index (χ4n) is 3.06. The second-order valence-electron chi connectivity index (χ2n) is 6.16. The van der Waals surface area contributed by atoms with Gasteiger partial charge in [-0.2, -0.15) is 0 Å². The number of hydrogen-bond acceptors (Lipinski definition) is 4. The van der Waals surface area contributed by atoms with E-state index in [9.17, 15) is 0 Å². The van der Waals surface area contributed by atoms with Gasteiger partial charge in [-0.15, -0.1) is 0 Å². The molecular weight excluding hydrogens is 248 g/mol. The van der Waals surface area contributed by atoms with Crippen LogP contribution in [0.2, 0.25) is 0 Å². The van der Waals surface area contributed by atoms with E-state index in [-0.39, 0.29) is 0 Å². The lowest BCUT2D eigenvalue weighted by molar-refractivity contribution is 0.552. The van der Waals surface area contributed by atoms with Crippen molar-refractivity contribution in [3.63, 3.8) is 0 Å². The van der Waals surface area contributed by atoms with Crippen LogP contribution in [0.15, 0.2) is 0 Å². The van der Waals surface area contributed by atoms with E-state index in [4.69, 9.17) is 9.97 Å². The smallest absolute Gasteiger partial charge is 0.137 e. The first kappa shape index (κ1) is 13.7. The number of rotatable bonds is 3. The van der Waals surface area contributed by atoms with Crippen LogP contribution in [0.3, 0.4) is 0 Å². The third-order valence-electron chi connectivity index (χ3n) is 4.47. The molecule has 1 aliphatic heterocycles. The van der Waals surface area contributed by atoms with Crippen molar-refractivity contribution in [1.82, 2.24) is 9.97 Å². The van der Waals surface area contributed by atoms with E-state index in [1.807, 2.05) is 7.05 Å². The highest BCUT2D eigenvalue weighted by molar-refractivity contribution is 5.58. The van der Waals surface area contributed by atoms with Gasteiger partial charge in [0.15, 0.2) is 0 Å². The van der Waals surface area contributed by atoms with Crippen molar-refractivity contribution in [2.24, 2.45) is 0 Å². The highest BCUT2D eigenvalue weighted by Crippen LogP contribution is 2.40. The van der Waals surface area contributed by atoms with Crippen molar-refractivity contribution >= 4 is 11.6 Å². The van der Waals surface area contributed by atoms with E-state index in [1.54, 1.807) is 0 Å². The van der Waals surface area contributed by atoms with E-state index < -0.39 is 0 Å². The van der Waals surface area contributed by atoms with Gasteiger partial charge in [0, 0.05) is 31.6 Å². The summed E-state index contributed by atoms with van der Waals surface area (Å²) in [6.45, 7) is 4.44. The third kappa shape index (κ3) is 2.89. The quantitative estimate of drug-likeness (QED) is 0.916. The molecule has 2 fully saturated rings. The Kier molecular flexibility index (Phi) is 4.08. The molecule has 2 aliphatic rings. The number of hydrogen-bond donors (Lipinski definition) is 1. The van der Waals surface area contributed by atoms with Crippen LogP contribution in [0.5, 0.6) is 0 Å². The van der Waals surface area contributed by atoms with Crippen LogP contribution < -0.4 is 10.2 Å². The minimum Gasteiger partial charge on any atom is -0.373 e. The maximum Gasteiger partial charge on any atom is 0.137 e. The van der Waals surface area contributed by atoms with Gasteiger partial charge in [-0.1, -0.05) is 19.3 Å². The molecule has 1 aromatic heterocycles. The van der Waals surface area contributed by atoms with Crippen LogP contribution in [0.1, 0.15) is 62.3 Å². The highest BCUT2D eigenvalue weighted by Gasteiger charge is 2.29. The largest absolute Gasteiger partial charge is 0.373 e. The number of nitrogens with one attached hydrogen (secondary N) is 1. The summed E-state index contributed by atoms with van der Waals surface area (Å²) in [4.78, 5) is 12.1. The lowest BCUT2D eigenvalue weighted by atomic mass is 10.1. The molecule has 1 aliphatic carbocycles. The number of anilines is 2. The molecule has 0 aromatic carbocycles. The third-order valence-corrected chi connectivity index (χ3v) is 4.47. The molecule has 0 radical (unpaired) electrons. The Balaban J connectivity index is 1.90. The SMILES string of the molecule is CNc1nc(C2CC2)nc(N2CCCCCCC2)c1C. The van der Waals surface area contributed by atoms with Gasteiger partial charge < -0.3 is 10.2 Å². The van der Waals surface area contributed by atoms with E-state index in [0.29, 0.717) is 5.92 Å². The first-order valence-corrected chi connectivity index (χ1v) is 8.11. The molecule has 1 saturated carbocycles. The molecular formula is C16H26N4. The van der Waals surface area contributed by atoms with Crippen molar-refractivity contribution < 1.29 is 0 Å². The van der Waals surface area contributed by atoms with E-state index in [2.05, 4.69) is 17.1 Å². The van der Waals surface area contributed by atoms with Gasteiger partial charge in [0.05, 0.1) is 0 Å². The molecule has 3 rings (SSSR count). The maximum atomic E-state index is 4.91. The first-order valence-electron chi connectivity index (χ1n) is 8.11. The maximum absolute atomic E-state index is 4.91. The molecule has 2 heterocycles. The Morgan fingerprint density at radius 2 is 1.65 bits per heavy atom. The molecule has 1 aromatic rings. The Bertz CT molecular complexity index is 460. The molecule has 0 spiro atoms. The topological polar surface area (TPSA) is 41.1 Å². The molecule has 20 heavy (non-hydrogen) atoms. The zero-order chi connectivity index (χ0) is 13.9. The molecule has 4 heteroatoms. The molecule has 0 atom stereocenters. The standard InChI is InChI=1S/C16H26N4/c1-12-14(17-2)18-15(13-8-9-13)19-16(12)20-10-6-4-3-5-7-11-20/h13H,3-11H2,1-2H3,(H,17,18,19). The number of aromatic nitrogens is 2. The normalized spacial score (nSPS) is 20.4. The van der Waals surface area contributed by atoms with Crippen molar-refractivity contribution in [1.29, 1.82) is 0 Å². The van der Waals surface area contributed by atoms with Gasteiger partial charge in [0.1, 0.15) is 17.5 Å². The van der Waals surface area contributed by atoms with Crippen molar-refractivity contribution in [3.8, 4) is 0 Å². The van der Waals surface area contributed by atoms with E-state index in [1.165, 1.54) is 56.3 Å². The van der Waals surface area contributed by atoms with Crippen molar-refractivity contribution in [2.75, 3.05) is 30.4 Å². The van der Waals surface area contributed by atoms with Crippen molar-refractivity contribution in [3.05, 3.63) is 11.4 Å². The summed E-state index contributed by atoms with van der Waals surface area (Å²) >= 11 is 0. The molecule has 1 saturated heterocycles. The fraction of sp³-hybridized carbons (Fsp3) is 0.750. The zero-order valence-electron chi connectivity index (χ0n) is 12.8. The first-order chi connectivity index (χ1) is 9.79. The monoisotopic (exact) mass is 274 g/mol. The highest BCUT2D eigenvalue weighted by atomic mass is 15.2. The predicted octanol–water partition coefficient (Wildman–Crippen LogP) is 3.47. The van der Waals surface area contributed by atoms with Gasteiger partial charge in [0.2, 0.25) is 0 Å². The summed E-state index contributed by atoms with van der Waals surface area (Å²) in [5, 5.41) is 3.25. The van der Waals surface area contributed by atoms with Crippen LogP contribution >= 0.6 is 0 Å². The Morgan fingerprint density at radius 3 is 2.25 bits per heavy atom. The number of nitrogens with zero attached hydrogens (tertiary/aromatic N) is 3. The molecule has 1 N–H and O–H groups in total. The van der Waals surface area contributed by atoms with Gasteiger partial charge in [-0.3, -0.25) is 0 Å². The average Bonchev–Trinajstić information content (AvgIpc) is 3.24. The lowest BCUT2D eigenvalue weighted by Gasteiger charge is -2.28. The minimum atomic E-state index is 0.608. The van der Waals surface area contributed by atoms with Crippen LogP contribution in [-0.2, 0) is 0 Å².